The summed E-state index contributed by atoms with van der Waals surface area (Å²) in [7, 11) is -2.61. The van der Waals surface area contributed by atoms with Gasteiger partial charge in [-0.2, -0.15) is 0 Å². The van der Waals surface area contributed by atoms with Crippen LogP contribution in [0.3, 0.4) is 0 Å². The number of fused-ring (bicyclic) bond motifs is 1. The van der Waals surface area contributed by atoms with Crippen molar-refractivity contribution in [3.8, 4) is 5.75 Å². The Morgan fingerprint density at radius 3 is 2.24 bits per heavy atom. The third-order valence-electron chi connectivity index (χ3n) is 4.44. The van der Waals surface area contributed by atoms with Crippen LogP contribution in [0.4, 0.5) is 0 Å². The Bertz CT molecular complexity index is 534. The molecule has 1 atom stereocenters. The second-order valence-electron chi connectivity index (χ2n) is 6.30. The summed E-state index contributed by atoms with van der Waals surface area (Å²) in [6, 6.07) is 7.10. The van der Waals surface area contributed by atoms with Crippen LogP contribution in [0, 0.1) is 0 Å². The topological polar surface area (TPSA) is 46.2 Å². The lowest BCUT2D eigenvalue weighted by Gasteiger charge is -2.35. The number of benzene rings is 1. The van der Waals surface area contributed by atoms with Gasteiger partial charge in [-0.3, -0.25) is 0 Å². The SMILES string of the molecule is CCO[Si](CCc1ccc2c(c1)COC(C)(CC)O2)(OCC)OCC. The molecule has 0 aromatic heterocycles. The normalized spacial score (nSPS) is 20.2. The van der Waals surface area contributed by atoms with Gasteiger partial charge in [0.2, 0.25) is 5.79 Å². The maximum atomic E-state index is 6.00. The van der Waals surface area contributed by atoms with Gasteiger partial charge < -0.3 is 22.8 Å². The van der Waals surface area contributed by atoms with E-state index >= 15 is 0 Å². The van der Waals surface area contributed by atoms with Crippen molar-refractivity contribution >= 4 is 8.80 Å². The highest BCUT2D eigenvalue weighted by molar-refractivity contribution is 6.60. The molecule has 142 valence electrons. The molecule has 0 radical (unpaired) electrons. The summed E-state index contributed by atoms with van der Waals surface area (Å²) in [5.74, 6) is 0.400. The first kappa shape index (κ1) is 20.4. The molecule has 1 aromatic carbocycles. The van der Waals surface area contributed by atoms with Gasteiger partial charge in [-0.1, -0.05) is 13.0 Å². The van der Waals surface area contributed by atoms with Crippen LogP contribution in [0.5, 0.6) is 5.75 Å². The van der Waals surface area contributed by atoms with Crippen molar-refractivity contribution in [1.29, 1.82) is 0 Å². The van der Waals surface area contributed by atoms with E-state index in [0.717, 1.165) is 30.2 Å². The molecule has 1 unspecified atom stereocenters. The molecule has 25 heavy (non-hydrogen) atoms. The standard InChI is InChI=1S/C19H32O5Si/c1-6-19(5)20-15-17-14-16(10-11-18(17)24-19)12-13-25(21-7-2,22-8-3)23-9-4/h10-11,14H,6-9,12-13,15H2,1-5H3. The Hall–Kier alpha value is -0.923. The highest BCUT2D eigenvalue weighted by Gasteiger charge is 2.40. The maximum absolute atomic E-state index is 6.00. The molecular formula is C19H32O5Si. The van der Waals surface area contributed by atoms with Gasteiger partial charge in [0.1, 0.15) is 5.75 Å². The molecule has 0 amide bonds. The Morgan fingerprint density at radius 1 is 1.04 bits per heavy atom. The van der Waals surface area contributed by atoms with Gasteiger partial charge in [-0.25, -0.2) is 0 Å². The van der Waals surface area contributed by atoms with Gasteiger partial charge >= 0.3 is 8.80 Å². The van der Waals surface area contributed by atoms with Crippen LogP contribution >= 0.6 is 0 Å². The third-order valence-corrected chi connectivity index (χ3v) is 7.49. The Kier molecular flexibility index (Phi) is 7.46. The number of ether oxygens (including phenoxy) is 2. The summed E-state index contributed by atoms with van der Waals surface area (Å²) >= 11 is 0. The lowest BCUT2D eigenvalue weighted by Crippen LogP contribution is -2.46. The molecule has 6 heteroatoms. The fraction of sp³-hybridized carbons (Fsp3) is 0.684. The summed E-state index contributed by atoms with van der Waals surface area (Å²) in [6.07, 6.45) is 1.67. The molecule has 0 saturated carbocycles. The van der Waals surface area contributed by atoms with E-state index in [1.54, 1.807) is 0 Å². The van der Waals surface area contributed by atoms with Crippen LogP contribution in [0.25, 0.3) is 0 Å². The summed E-state index contributed by atoms with van der Waals surface area (Å²) in [5.41, 5.74) is 2.32. The largest absolute Gasteiger partial charge is 0.501 e. The first-order valence-electron chi connectivity index (χ1n) is 9.36. The van der Waals surface area contributed by atoms with E-state index in [1.165, 1.54) is 5.56 Å². The summed E-state index contributed by atoms with van der Waals surface area (Å²) in [6.45, 7) is 12.4. The molecular weight excluding hydrogens is 336 g/mol. The molecule has 0 fully saturated rings. The van der Waals surface area contributed by atoms with Crippen LogP contribution in [0.15, 0.2) is 18.2 Å². The highest BCUT2D eigenvalue weighted by Crippen LogP contribution is 2.34. The molecule has 1 aliphatic rings. The maximum Gasteiger partial charge on any atom is 0.501 e. The average molecular weight is 369 g/mol. The minimum Gasteiger partial charge on any atom is -0.462 e. The van der Waals surface area contributed by atoms with Crippen LogP contribution in [-0.2, 0) is 31.0 Å². The second-order valence-corrected chi connectivity index (χ2v) is 9.03. The fourth-order valence-electron chi connectivity index (χ4n) is 2.97. The number of rotatable bonds is 10. The average Bonchev–Trinajstić information content (AvgIpc) is 2.61. The van der Waals surface area contributed by atoms with Gasteiger partial charge in [0, 0.05) is 44.8 Å². The number of hydrogen-bond donors (Lipinski definition) is 0. The molecule has 0 saturated heterocycles. The highest BCUT2D eigenvalue weighted by atomic mass is 28.4. The third kappa shape index (κ3) is 5.28. The minimum absolute atomic E-state index is 0.518. The van der Waals surface area contributed by atoms with Gasteiger partial charge in [0.15, 0.2) is 0 Å². The van der Waals surface area contributed by atoms with Gasteiger partial charge in [0.05, 0.1) is 6.61 Å². The van der Waals surface area contributed by atoms with Crippen LogP contribution in [0.2, 0.25) is 6.04 Å². The molecule has 1 heterocycles. The van der Waals surface area contributed by atoms with Crippen molar-refractivity contribution in [2.24, 2.45) is 0 Å². The first-order chi connectivity index (χ1) is 12.0. The van der Waals surface area contributed by atoms with Gasteiger partial charge in [0.25, 0.3) is 0 Å². The lowest BCUT2D eigenvalue weighted by molar-refractivity contribution is -0.194. The van der Waals surface area contributed by atoms with E-state index in [0.29, 0.717) is 26.4 Å². The molecule has 5 nitrogen and oxygen atoms in total. The zero-order chi connectivity index (χ0) is 18.3. The Balaban J connectivity index is 2.07. The molecule has 0 spiro atoms. The van der Waals surface area contributed by atoms with Crippen LogP contribution < -0.4 is 4.74 Å². The predicted molar refractivity (Wildman–Crippen MR) is 99.7 cm³/mol. The van der Waals surface area contributed by atoms with Crippen LogP contribution in [-0.4, -0.2) is 34.4 Å². The molecule has 0 bridgehead atoms. The monoisotopic (exact) mass is 368 g/mol. The van der Waals surface area contributed by atoms with Gasteiger partial charge in [-0.15, -0.1) is 0 Å². The minimum atomic E-state index is -2.61. The summed E-state index contributed by atoms with van der Waals surface area (Å²) in [5, 5.41) is 0. The van der Waals surface area contributed by atoms with Gasteiger partial charge in [-0.05, 0) is 44.9 Å². The van der Waals surface area contributed by atoms with Crippen molar-refractivity contribution in [2.75, 3.05) is 19.8 Å². The molecule has 0 aliphatic carbocycles. The van der Waals surface area contributed by atoms with Crippen molar-refractivity contribution in [1.82, 2.24) is 0 Å². The smallest absolute Gasteiger partial charge is 0.462 e. The quantitative estimate of drug-likeness (QED) is 0.576. The van der Waals surface area contributed by atoms with E-state index in [2.05, 4.69) is 19.1 Å². The Morgan fingerprint density at radius 2 is 1.68 bits per heavy atom. The van der Waals surface area contributed by atoms with E-state index in [-0.39, 0.29) is 0 Å². The zero-order valence-corrected chi connectivity index (χ0v) is 17.2. The van der Waals surface area contributed by atoms with E-state index in [9.17, 15) is 0 Å². The predicted octanol–water partition coefficient (Wildman–Crippen LogP) is 4.31. The molecule has 2 rings (SSSR count). The van der Waals surface area contributed by atoms with E-state index in [1.807, 2.05) is 33.8 Å². The summed E-state index contributed by atoms with van der Waals surface area (Å²) in [4.78, 5) is 0. The van der Waals surface area contributed by atoms with E-state index in [4.69, 9.17) is 22.8 Å². The zero-order valence-electron chi connectivity index (χ0n) is 16.2. The summed E-state index contributed by atoms with van der Waals surface area (Å²) < 4.78 is 29.7. The molecule has 1 aromatic rings. The van der Waals surface area contributed by atoms with Crippen molar-refractivity contribution in [3.05, 3.63) is 29.3 Å². The van der Waals surface area contributed by atoms with Crippen molar-refractivity contribution < 1.29 is 22.8 Å². The number of hydrogen-bond acceptors (Lipinski definition) is 5. The first-order valence-corrected chi connectivity index (χ1v) is 11.3. The Labute approximate surface area is 152 Å². The second kappa shape index (κ2) is 9.14. The van der Waals surface area contributed by atoms with E-state index < -0.39 is 14.6 Å². The molecule has 0 N–H and O–H groups in total. The number of aryl methyl sites for hydroxylation is 1. The van der Waals surface area contributed by atoms with Crippen LogP contribution in [0.1, 0.15) is 52.2 Å². The lowest BCUT2D eigenvalue weighted by atomic mass is 10.1. The molecule has 1 aliphatic heterocycles. The van der Waals surface area contributed by atoms with Crippen molar-refractivity contribution in [2.45, 2.75) is 65.9 Å². The fourth-order valence-corrected chi connectivity index (χ4v) is 5.56. The van der Waals surface area contributed by atoms with Crippen molar-refractivity contribution in [3.63, 3.8) is 0 Å².